The molecule has 0 aliphatic rings. The van der Waals surface area contributed by atoms with Crippen molar-refractivity contribution in [2.75, 3.05) is 12.9 Å². The largest absolute Gasteiger partial charge is 0.496 e. The molecule has 0 N–H and O–H groups in total. The average Bonchev–Trinajstić information content (AvgIpc) is 2.05. The lowest BCUT2D eigenvalue weighted by atomic mass is 10.2. The standard InChI is InChI=1S/C10H14OS/c1-4-12-10-7-8(2)5-6-9(10)11-3/h5-7H,4H2,1-3H3. The Kier molecular flexibility index (Phi) is 3.48. The Morgan fingerprint density at radius 2 is 2.17 bits per heavy atom. The second-order valence-corrected chi connectivity index (χ2v) is 3.89. The molecule has 0 aliphatic heterocycles. The van der Waals surface area contributed by atoms with Gasteiger partial charge in [-0.3, -0.25) is 0 Å². The molecular weight excluding hydrogens is 168 g/mol. The summed E-state index contributed by atoms with van der Waals surface area (Å²) in [5.74, 6) is 2.06. The van der Waals surface area contributed by atoms with Gasteiger partial charge in [0, 0.05) is 4.90 Å². The van der Waals surface area contributed by atoms with Gasteiger partial charge in [-0.1, -0.05) is 13.0 Å². The van der Waals surface area contributed by atoms with E-state index in [0.717, 1.165) is 11.5 Å². The summed E-state index contributed by atoms with van der Waals surface area (Å²) in [5.41, 5.74) is 1.28. The van der Waals surface area contributed by atoms with E-state index in [0.29, 0.717) is 0 Å². The number of methoxy groups -OCH3 is 1. The molecule has 0 radical (unpaired) electrons. The van der Waals surface area contributed by atoms with Crippen molar-refractivity contribution in [2.24, 2.45) is 0 Å². The number of aryl methyl sites for hydroxylation is 1. The predicted molar refractivity (Wildman–Crippen MR) is 54.1 cm³/mol. The van der Waals surface area contributed by atoms with E-state index in [-0.39, 0.29) is 0 Å². The molecule has 0 heterocycles. The quantitative estimate of drug-likeness (QED) is 0.664. The minimum atomic E-state index is 0.979. The third-order valence-electron chi connectivity index (χ3n) is 1.62. The van der Waals surface area contributed by atoms with E-state index >= 15 is 0 Å². The Bertz CT molecular complexity index is 258. The van der Waals surface area contributed by atoms with Gasteiger partial charge >= 0.3 is 0 Å². The molecule has 12 heavy (non-hydrogen) atoms. The molecule has 0 aromatic heterocycles. The molecule has 66 valence electrons. The summed E-state index contributed by atoms with van der Waals surface area (Å²) in [4.78, 5) is 1.24. The van der Waals surface area contributed by atoms with E-state index in [2.05, 4.69) is 26.0 Å². The van der Waals surface area contributed by atoms with Crippen LogP contribution in [0.25, 0.3) is 0 Å². The van der Waals surface area contributed by atoms with E-state index in [1.54, 1.807) is 7.11 Å². The highest BCUT2D eigenvalue weighted by Gasteiger charge is 2.01. The van der Waals surface area contributed by atoms with Crippen molar-refractivity contribution in [3.8, 4) is 5.75 Å². The molecule has 2 heteroatoms. The molecule has 0 unspecified atom stereocenters. The van der Waals surface area contributed by atoms with Crippen LogP contribution in [-0.2, 0) is 0 Å². The summed E-state index contributed by atoms with van der Waals surface area (Å²) in [6, 6.07) is 6.25. The van der Waals surface area contributed by atoms with Crippen LogP contribution in [0.5, 0.6) is 5.75 Å². The number of benzene rings is 1. The van der Waals surface area contributed by atoms with Crippen LogP contribution in [0.4, 0.5) is 0 Å². The third-order valence-corrected chi connectivity index (χ3v) is 2.54. The lowest BCUT2D eigenvalue weighted by Crippen LogP contribution is -1.86. The molecule has 0 amide bonds. The maximum Gasteiger partial charge on any atom is 0.132 e. The fourth-order valence-corrected chi connectivity index (χ4v) is 1.93. The first-order valence-electron chi connectivity index (χ1n) is 4.05. The number of thioether (sulfide) groups is 1. The lowest BCUT2D eigenvalue weighted by molar-refractivity contribution is 0.404. The molecule has 1 rings (SSSR count). The summed E-state index contributed by atoms with van der Waals surface area (Å²) in [6.07, 6.45) is 0. The fraction of sp³-hybridized carbons (Fsp3) is 0.400. The zero-order chi connectivity index (χ0) is 8.97. The first-order valence-corrected chi connectivity index (χ1v) is 5.04. The molecule has 0 bridgehead atoms. The first-order chi connectivity index (χ1) is 5.77. The Balaban J connectivity index is 2.95. The molecular formula is C10H14OS. The monoisotopic (exact) mass is 182 g/mol. The molecule has 0 saturated heterocycles. The van der Waals surface area contributed by atoms with Crippen LogP contribution < -0.4 is 4.74 Å². The van der Waals surface area contributed by atoms with Crippen LogP contribution in [0, 0.1) is 6.92 Å². The normalized spacial score (nSPS) is 9.92. The zero-order valence-electron chi connectivity index (χ0n) is 7.76. The average molecular weight is 182 g/mol. The maximum absolute atomic E-state index is 5.23. The van der Waals surface area contributed by atoms with Crippen LogP contribution in [0.2, 0.25) is 0 Å². The smallest absolute Gasteiger partial charge is 0.132 e. The van der Waals surface area contributed by atoms with Gasteiger partial charge in [0.05, 0.1) is 7.11 Å². The van der Waals surface area contributed by atoms with Crippen molar-refractivity contribution in [1.82, 2.24) is 0 Å². The summed E-state index contributed by atoms with van der Waals surface area (Å²) in [5, 5.41) is 0. The SMILES string of the molecule is CCSc1cc(C)ccc1OC. The summed E-state index contributed by atoms with van der Waals surface area (Å²) in [6.45, 7) is 4.24. The highest BCUT2D eigenvalue weighted by atomic mass is 32.2. The van der Waals surface area contributed by atoms with Crippen LogP contribution in [0.15, 0.2) is 23.1 Å². The second-order valence-electron chi connectivity index (χ2n) is 2.59. The van der Waals surface area contributed by atoms with Gasteiger partial charge < -0.3 is 4.74 Å². The van der Waals surface area contributed by atoms with Gasteiger partial charge in [-0.15, -0.1) is 11.8 Å². The lowest BCUT2D eigenvalue weighted by Gasteiger charge is -2.07. The summed E-state index contributed by atoms with van der Waals surface area (Å²) in [7, 11) is 1.71. The van der Waals surface area contributed by atoms with Gasteiger partial charge in [-0.25, -0.2) is 0 Å². The minimum Gasteiger partial charge on any atom is -0.496 e. The van der Waals surface area contributed by atoms with E-state index in [9.17, 15) is 0 Å². The highest BCUT2D eigenvalue weighted by molar-refractivity contribution is 7.99. The van der Waals surface area contributed by atoms with Crippen LogP contribution in [-0.4, -0.2) is 12.9 Å². The fourth-order valence-electron chi connectivity index (χ4n) is 1.05. The van der Waals surface area contributed by atoms with E-state index in [1.807, 2.05) is 17.8 Å². The predicted octanol–water partition coefficient (Wildman–Crippen LogP) is 3.12. The Morgan fingerprint density at radius 3 is 2.75 bits per heavy atom. The topological polar surface area (TPSA) is 9.23 Å². The van der Waals surface area contributed by atoms with E-state index < -0.39 is 0 Å². The van der Waals surface area contributed by atoms with Crippen molar-refractivity contribution in [1.29, 1.82) is 0 Å². The molecule has 0 aliphatic carbocycles. The Labute approximate surface area is 78.1 Å². The van der Waals surface area contributed by atoms with Crippen LogP contribution >= 0.6 is 11.8 Å². The number of rotatable bonds is 3. The molecule has 0 saturated carbocycles. The van der Waals surface area contributed by atoms with Crippen molar-refractivity contribution in [3.05, 3.63) is 23.8 Å². The van der Waals surface area contributed by atoms with Crippen LogP contribution in [0.1, 0.15) is 12.5 Å². The third kappa shape index (κ3) is 2.18. The van der Waals surface area contributed by atoms with Gasteiger partial charge in [-0.05, 0) is 30.4 Å². The second kappa shape index (κ2) is 4.41. The number of hydrogen-bond donors (Lipinski definition) is 0. The van der Waals surface area contributed by atoms with Crippen molar-refractivity contribution in [3.63, 3.8) is 0 Å². The van der Waals surface area contributed by atoms with E-state index in [1.165, 1.54) is 10.5 Å². The molecule has 0 spiro atoms. The highest BCUT2D eigenvalue weighted by Crippen LogP contribution is 2.29. The molecule has 1 nitrogen and oxygen atoms in total. The minimum absolute atomic E-state index is 0.979. The molecule has 1 aromatic carbocycles. The molecule has 0 fully saturated rings. The maximum atomic E-state index is 5.23. The van der Waals surface area contributed by atoms with Gasteiger partial charge in [0.2, 0.25) is 0 Å². The molecule has 0 atom stereocenters. The Hall–Kier alpha value is -0.630. The summed E-state index contributed by atoms with van der Waals surface area (Å²) < 4.78 is 5.23. The number of hydrogen-bond acceptors (Lipinski definition) is 2. The molecule has 1 aromatic rings. The van der Waals surface area contributed by atoms with Gasteiger partial charge in [0.25, 0.3) is 0 Å². The first kappa shape index (κ1) is 9.46. The summed E-state index contributed by atoms with van der Waals surface area (Å²) >= 11 is 1.82. The van der Waals surface area contributed by atoms with Gasteiger partial charge in [0.1, 0.15) is 5.75 Å². The van der Waals surface area contributed by atoms with E-state index in [4.69, 9.17) is 4.74 Å². The van der Waals surface area contributed by atoms with Gasteiger partial charge in [0.15, 0.2) is 0 Å². The van der Waals surface area contributed by atoms with Crippen molar-refractivity contribution >= 4 is 11.8 Å². The zero-order valence-corrected chi connectivity index (χ0v) is 8.57. The number of ether oxygens (including phenoxy) is 1. The van der Waals surface area contributed by atoms with Gasteiger partial charge in [-0.2, -0.15) is 0 Å². The van der Waals surface area contributed by atoms with Crippen LogP contribution in [0.3, 0.4) is 0 Å². The van der Waals surface area contributed by atoms with Crippen molar-refractivity contribution in [2.45, 2.75) is 18.7 Å². The van der Waals surface area contributed by atoms with Crippen molar-refractivity contribution < 1.29 is 4.74 Å². The Morgan fingerprint density at radius 1 is 1.42 bits per heavy atom.